The third-order valence-corrected chi connectivity index (χ3v) is 3.13. The maximum absolute atomic E-state index is 13.5. The Morgan fingerprint density at radius 2 is 1.95 bits per heavy atom. The van der Waals surface area contributed by atoms with Crippen molar-refractivity contribution in [2.45, 2.75) is 13.2 Å². The smallest absolute Gasteiger partial charge is 0.180 e. The molecule has 21 heavy (non-hydrogen) atoms. The van der Waals surface area contributed by atoms with Crippen LogP contribution in [0.25, 0.3) is 0 Å². The van der Waals surface area contributed by atoms with E-state index in [-0.39, 0.29) is 29.5 Å². The summed E-state index contributed by atoms with van der Waals surface area (Å²) in [6.45, 7) is -0.396. The van der Waals surface area contributed by atoms with Crippen molar-refractivity contribution in [2.75, 3.05) is 7.11 Å². The lowest BCUT2D eigenvalue weighted by Crippen LogP contribution is -2.02. The first-order valence-corrected chi connectivity index (χ1v) is 6.47. The summed E-state index contributed by atoms with van der Waals surface area (Å²) in [7, 11) is 1.42. The number of ether oxygens (including phenoxy) is 2. The zero-order chi connectivity index (χ0) is 15.4. The average molecular weight is 315 g/mol. The van der Waals surface area contributed by atoms with E-state index in [0.29, 0.717) is 11.3 Å². The van der Waals surface area contributed by atoms with Crippen LogP contribution in [0.5, 0.6) is 11.5 Å². The van der Waals surface area contributed by atoms with Crippen molar-refractivity contribution in [2.24, 2.45) is 0 Å². The molecule has 0 aliphatic carbocycles. The van der Waals surface area contributed by atoms with Gasteiger partial charge in [-0.2, -0.15) is 0 Å². The van der Waals surface area contributed by atoms with Crippen molar-refractivity contribution in [1.82, 2.24) is 0 Å². The van der Waals surface area contributed by atoms with Crippen LogP contribution >= 0.6 is 11.6 Å². The van der Waals surface area contributed by atoms with Crippen LogP contribution in [0.2, 0.25) is 5.02 Å². The first-order valence-electron chi connectivity index (χ1n) is 6.09. The molecule has 0 aromatic heterocycles. The summed E-state index contributed by atoms with van der Waals surface area (Å²) in [6, 6.07) is 6.19. The topological polar surface area (TPSA) is 38.7 Å². The SMILES string of the molecule is COc1cc(CO)cc(Cl)c1OCc1cc(F)ccc1F. The second-order valence-corrected chi connectivity index (χ2v) is 4.70. The van der Waals surface area contributed by atoms with Gasteiger partial charge in [0, 0.05) is 5.56 Å². The van der Waals surface area contributed by atoms with Gasteiger partial charge in [-0.25, -0.2) is 8.78 Å². The number of methoxy groups -OCH3 is 1. The Morgan fingerprint density at radius 1 is 1.19 bits per heavy atom. The standard InChI is InChI=1S/C15H13ClF2O3/c1-20-14-5-9(7-19)4-12(16)15(14)21-8-10-6-11(17)2-3-13(10)18/h2-6,19H,7-8H2,1H3. The minimum absolute atomic E-state index is 0.0688. The Kier molecular flexibility index (Phi) is 4.98. The van der Waals surface area contributed by atoms with E-state index < -0.39 is 11.6 Å². The molecule has 3 nitrogen and oxygen atoms in total. The fourth-order valence-electron chi connectivity index (χ4n) is 1.81. The summed E-state index contributed by atoms with van der Waals surface area (Å²) in [6.07, 6.45) is 0. The molecule has 0 saturated carbocycles. The summed E-state index contributed by atoms with van der Waals surface area (Å²) in [5, 5.41) is 9.32. The van der Waals surface area contributed by atoms with Crippen molar-refractivity contribution in [3.05, 3.63) is 58.1 Å². The van der Waals surface area contributed by atoms with Crippen LogP contribution in [0.3, 0.4) is 0 Å². The van der Waals surface area contributed by atoms with E-state index in [4.69, 9.17) is 26.2 Å². The molecule has 0 saturated heterocycles. The second-order valence-electron chi connectivity index (χ2n) is 4.29. The van der Waals surface area contributed by atoms with Gasteiger partial charge in [0.15, 0.2) is 11.5 Å². The van der Waals surface area contributed by atoms with Gasteiger partial charge >= 0.3 is 0 Å². The molecule has 0 unspecified atom stereocenters. The predicted molar refractivity (Wildman–Crippen MR) is 74.6 cm³/mol. The zero-order valence-electron chi connectivity index (χ0n) is 11.2. The summed E-state index contributed by atoms with van der Waals surface area (Å²) in [4.78, 5) is 0. The number of aliphatic hydroxyl groups excluding tert-OH is 1. The van der Waals surface area contributed by atoms with Gasteiger partial charge in [-0.15, -0.1) is 0 Å². The summed E-state index contributed by atoms with van der Waals surface area (Å²) < 4.78 is 37.2. The largest absolute Gasteiger partial charge is 0.493 e. The van der Waals surface area contributed by atoms with E-state index in [9.17, 15) is 8.78 Å². The minimum atomic E-state index is -0.571. The Balaban J connectivity index is 2.25. The number of halogens is 3. The molecular weight excluding hydrogens is 302 g/mol. The van der Waals surface area contributed by atoms with E-state index in [1.54, 1.807) is 6.07 Å². The first-order chi connectivity index (χ1) is 10.0. The quantitative estimate of drug-likeness (QED) is 0.914. The molecule has 0 aliphatic heterocycles. The molecular formula is C15H13ClF2O3. The molecule has 2 aromatic carbocycles. The van der Waals surface area contributed by atoms with Crippen LogP contribution in [0.15, 0.2) is 30.3 Å². The molecule has 2 rings (SSSR count). The van der Waals surface area contributed by atoms with Crippen LogP contribution in [0.4, 0.5) is 8.78 Å². The van der Waals surface area contributed by atoms with Crippen molar-refractivity contribution in [3.63, 3.8) is 0 Å². The molecule has 0 aliphatic rings. The second kappa shape index (κ2) is 6.74. The van der Waals surface area contributed by atoms with E-state index >= 15 is 0 Å². The van der Waals surface area contributed by atoms with Crippen LogP contribution in [0, 0.1) is 11.6 Å². The number of rotatable bonds is 5. The van der Waals surface area contributed by atoms with E-state index in [2.05, 4.69) is 0 Å². The van der Waals surface area contributed by atoms with Crippen LogP contribution in [-0.4, -0.2) is 12.2 Å². The molecule has 0 amide bonds. The minimum Gasteiger partial charge on any atom is -0.493 e. The lowest BCUT2D eigenvalue weighted by Gasteiger charge is -2.14. The monoisotopic (exact) mass is 314 g/mol. The lowest BCUT2D eigenvalue weighted by atomic mass is 10.2. The van der Waals surface area contributed by atoms with E-state index in [1.807, 2.05) is 0 Å². The third-order valence-electron chi connectivity index (χ3n) is 2.85. The van der Waals surface area contributed by atoms with Crippen LogP contribution < -0.4 is 9.47 Å². The van der Waals surface area contributed by atoms with Gasteiger partial charge in [0.2, 0.25) is 0 Å². The molecule has 112 valence electrons. The van der Waals surface area contributed by atoms with Crippen molar-refractivity contribution in [3.8, 4) is 11.5 Å². The average Bonchev–Trinajstić information content (AvgIpc) is 2.48. The molecule has 0 atom stereocenters. The Morgan fingerprint density at radius 3 is 2.62 bits per heavy atom. The first kappa shape index (κ1) is 15.5. The third kappa shape index (κ3) is 3.62. The van der Waals surface area contributed by atoms with Gasteiger partial charge in [0.05, 0.1) is 18.7 Å². The summed E-state index contributed by atoms with van der Waals surface area (Å²) >= 11 is 6.05. The highest BCUT2D eigenvalue weighted by Crippen LogP contribution is 2.37. The van der Waals surface area contributed by atoms with Gasteiger partial charge in [-0.1, -0.05) is 11.6 Å². The molecule has 6 heteroatoms. The zero-order valence-corrected chi connectivity index (χ0v) is 12.0. The van der Waals surface area contributed by atoms with Crippen LogP contribution in [0.1, 0.15) is 11.1 Å². The van der Waals surface area contributed by atoms with E-state index in [0.717, 1.165) is 18.2 Å². The number of aliphatic hydroxyl groups is 1. The molecule has 0 heterocycles. The number of hydrogen-bond donors (Lipinski definition) is 1. The van der Waals surface area contributed by atoms with E-state index in [1.165, 1.54) is 13.2 Å². The summed E-state index contributed by atoms with van der Waals surface area (Å²) in [5.41, 5.74) is 0.625. The van der Waals surface area contributed by atoms with Crippen LogP contribution in [-0.2, 0) is 13.2 Å². The number of benzene rings is 2. The molecule has 0 radical (unpaired) electrons. The van der Waals surface area contributed by atoms with Crippen molar-refractivity contribution >= 4 is 11.6 Å². The number of hydrogen-bond acceptors (Lipinski definition) is 3. The molecule has 1 N–H and O–H groups in total. The Bertz CT molecular complexity index is 647. The molecule has 0 bridgehead atoms. The highest BCUT2D eigenvalue weighted by molar-refractivity contribution is 6.32. The fraction of sp³-hybridized carbons (Fsp3) is 0.200. The Hall–Kier alpha value is -1.85. The fourth-order valence-corrected chi connectivity index (χ4v) is 2.10. The van der Waals surface area contributed by atoms with Gasteiger partial charge in [0.1, 0.15) is 18.2 Å². The van der Waals surface area contributed by atoms with Gasteiger partial charge in [-0.3, -0.25) is 0 Å². The van der Waals surface area contributed by atoms with Crippen molar-refractivity contribution < 1.29 is 23.4 Å². The lowest BCUT2D eigenvalue weighted by molar-refractivity contribution is 0.272. The highest BCUT2D eigenvalue weighted by atomic mass is 35.5. The maximum Gasteiger partial charge on any atom is 0.180 e. The maximum atomic E-state index is 13.5. The predicted octanol–water partition coefficient (Wildman–Crippen LogP) is 3.70. The van der Waals surface area contributed by atoms with Crippen molar-refractivity contribution in [1.29, 1.82) is 0 Å². The van der Waals surface area contributed by atoms with Gasteiger partial charge < -0.3 is 14.6 Å². The van der Waals surface area contributed by atoms with Gasteiger partial charge in [0.25, 0.3) is 0 Å². The highest BCUT2D eigenvalue weighted by Gasteiger charge is 2.13. The molecule has 0 fully saturated rings. The normalized spacial score (nSPS) is 10.5. The Labute approximate surface area is 125 Å². The van der Waals surface area contributed by atoms with Gasteiger partial charge in [-0.05, 0) is 35.9 Å². The molecule has 0 spiro atoms. The summed E-state index contributed by atoms with van der Waals surface area (Å²) in [5.74, 6) is -0.606. The molecule has 2 aromatic rings.